The number of hydrogen-bond donors (Lipinski definition) is 3. The van der Waals surface area contributed by atoms with Crippen LogP contribution in [0.1, 0.15) is 43.2 Å². The third kappa shape index (κ3) is 6.86. The standard InChI is InChI=1S/C35H40FN5O4/c1-38-31(42)29(21-24-8-11-25-4-2-3-5-26(25)18-24)40-16-17-41(30(33(40)44)20-23-6-7-23)32(43)28(39-34(45)35(37)14-15-35)19-22-9-12-27(36)13-10-22/h2-5,8-13,18,23,28-30H,6-7,14-17,19-21,37H2,1H3,(H,38,42)(H,39,45)/t28-,29+,30+/m1/s1. The first-order valence-electron chi connectivity index (χ1n) is 15.8. The number of nitrogens with two attached hydrogens (primary N) is 1. The number of rotatable bonds is 11. The van der Waals surface area contributed by atoms with Crippen LogP contribution in [-0.2, 0) is 32.0 Å². The molecule has 1 heterocycles. The quantitative estimate of drug-likeness (QED) is 0.307. The molecule has 3 fully saturated rings. The summed E-state index contributed by atoms with van der Waals surface area (Å²) >= 11 is 0. The van der Waals surface area contributed by atoms with Crippen molar-refractivity contribution in [2.45, 2.75) is 68.6 Å². The van der Waals surface area contributed by atoms with Gasteiger partial charge < -0.3 is 26.2 Å². The van der Waals surface area contributed by atoms with Gasteiger partial charge >= 0.3 is 0 Å². The molecular formula is C35H40FN5O4. The van der Waals surface area contributed by atoms with Crippen LogP contribution in [0, 0.1) is 11.7 Å². The lowest BCUT2D eigenvalue weighted by molar-refractivity contribution is -0.157. The summed E-state index contributed by atoms with van der Waals surface area (Å²) in [6.07, 6.45) is 4.00. The van der Waals surface area contributed by atoms with E-state index in [4.69, 9.17) is 5.73 Å². The second kappa shape index (κ2) is 12.6. The smallest absolute Gasteiger partial charge is 0.246 e. The van der Waals surface area contributed by atoms with E-state index in [2.05, 4.69) is 10.6 Å². The maximum atomic E-state index is 14.3. The molecule has 4 amide bonds. The number of nitrogens with zero attached hydrogens (tertiary/aromatic N) is 2. The molecule has 2 saturated carbocycles. The molecule has 0 aromatic heterocycles. The molecule has 9 nitrogen and oxygen atoms in total. The first-order valence-corrected chi connectivity index (χ1v) is 15.8. The van der Waals surface area contributed by atoms with E-state index in [1.807, 2.05) is 42.5 Å². The molecular weight excluding hydrogens is 573 g/mol. The van der Waals surface area contributed by atoms with Gasteiger partial charge in [-0.1, -0.05) is 67.4 Å². The molecule has 0 bridgehead atoms. The van der Waals surface area contributed by atoms with Gasteiger partial charge in [-0.3, -0.25) is 19.2 Å². The molecule has 3 atom stereocenters. The van der Waals surface area contributed by atoms with Crippen molar-refractivity contribution in [2.75, 3.05) is 20.1 Å². The van der Waals surface area contributed by atoms with E-state index in [0.29, 0.717) is 37.2 Å². The lowest BCUT2D eigenvalue weighted by Gasteiger charge is -2.44. The van der Waals surface area contributed by atoms with Gasteiger partial charge in [-0.2, -0.15) is 0 Å². The third-order valence-corrected chi connectivity index (χ3v) is 9.43. The molecule has 10 heteroatoms. The molecule has 2 aliphatic carbocycles. The zero-order chi connectivity index (χ0) is 31.7. The average Bonchev–Trinajstić information content (AvgIpc) is 3.99. The number of hydrogen-bond acceptors (Lipinski definition) is 5. The molecule has 45 heavy (non-hydrogen) atoms. The predicted octanol–water partition coefficient (Wildman–Crippen LogP) is 2.69. The third-order valence-electron chi connectivity index (χ3n) is 9.43. The molecule has 3 aromatic carbocycles. The SMILES string of the molecule is CNC(=O)[C@H](Cc1ccc2ccccc2c1)N1CCN(C(=O)[C@@H](Cc2ccc(F)cc2)NC(=O)C2(N)CC2)[C@@H](CC2CC2)C1=O. The number of likely N-dealkylation sites (N-methyl/N-ethyl adjacent to an activating group) is 1. The van der Waals surface area contributed by atoms with Gasteiger partial charge in [0.1, 0.15) is 23.9 Å². The minimum atomic E-state index is -0.993. The number of carbonyl (C=O) groups excluding carboxylic acids is 4. The first-order chi connectivity index (χ1) is 21.6. The lowest BCUT2D eigenvalue weighted by atomic mass is 9.96. The Morgan fingerprint density at radius 1 is 0.956 bits per heavy atom. The summed E-state index contributed by atoms with van der Waals surface area (Å²) in [6.45, 7) is 0.395. The van der Waals surface area contributed by atoms with Gasteiger partial charge in [-0.25, -0.2) is 4.39 Å². The Labute approximate surface area is 262 Å². The summed E-state index contributed by atoms with van der Waals surface area (Å²) in [4.78, 5) is 58.0. The van der Waals surface area contributed by atoms with Crippen molar-refractivity contribution in [3.05, 3.63) is 83.7 Å². The Hall–Kier alpha value is -4.31. The molecule has 0 spiro atoms. The van der Waals surface area contributed by atoms with E-state index in [-0.39, 0.29) is 37.2 Å². The van der Waals surface area contributed by atoms with Crippen molar-refractivity contribution < 1.29 is 23.6 Å². The summed E-state index contributed by atoms with van der Waals surface area (Å²) in [5.41, 5.74) is 6.77. The van der Waals surface area contributed by atoms with Gasteiger partial charge in [-0.05, 0) is 59.2 Å². The molecule has 4 N–H and O–H groups in total. The fourth-order valence-corrected chi connectivity index (χ4v) is 6.30. The first kappa shape index (κ1) is 30.7. The summed E-state index contributed by atoms with van der Waals surface area (Å²) in [5.74, 6) is -1.38. The van der Waals surface area contributed by atoms with Crippen LogP contribution in [0.15, 0.2) is 66.7 Å². The summed E-state index contributed by atoms with van der Waals surface area (Å²) < 4.78 is 13.6. The maximum absolute atomic E-state index is 14.3. The van der Waals surface area contributed by atoms with Crippen LogP contribution in [-0.4, -0.2) is 77.2 Å². The fourth-order valence-electron chi connectivity index (χ4n) is 6.30. The van der Waals surface area contributed by atoms with Crippen LogP contribution in [0.25, 0.3) is 10.8 Å². The van der Waals surface area contributed by atoms with Gasteiger partial charge in [-0.15, -0.1) is 0 Å². The highest BCUT2D eigenvalue weighted by Gasteiger charge is 2.49. The normalized spacial score (nSPS) is 20.4. The van der Waals surface area contributed by atoms with Crippen LogP contribution in [0.4, 0.5) is 4.39 Å². The average molecular weight is 614 g/mol. The number of halogens is 1. The van der Waals surface area contributed by atoms with Crippen LogP contribution in [0.3, 0.4) is 0 Å². The Kier molecular flexibility index (Phi) is 8.59. The van der Waals surface area contributed by atoms with E-state index in [1.165, 1.54) is 12.1 Å². The summed E-state index contributed by atoms with van der Waals surface area (Å²) in [7, 11) is 1.56. The van der Waals surface area contributed by atoms with Gasteiger partial charge in [0.05, 0.1) is 5.54 Å². The van der Waals surface area contributed by atoms with Crippen LogP contribution in [0.2, 0.25) is 0 Å². The number of piperazine rings is 1. The van der Waals surface area contributed by atoms with E-state index >= 15 is 0 Å². The fraction of sp³-hybridized carbons (Fsp3) is 0.429. The molecule has 1 aliphatic heterocycles. The molecule has 236 valence electrons. The molecule has 0 radical (unpaired) electrons. The zero-order valence-corrected chi connectivity index (χ0v) is 25.5. The predicted molar refractivity (Wildman–Crippen MR) is 168 cm³/mol. The molecule has 3 aliphatic rings. The minimum absolute atomic E-state index is 0.133. The minimum Gasteiger partial charge on any atom is -0.357 e. The van der Waals surface area contributed by atoms with Crippen molar-refractivity contribution in [3.8, 4) is 0 Å². The van der Waals surface area contributed by atoms with Crippen molar-refractivity contribution in [1.82, 2.24) is 20.4 Å². The number of nitrogens with one attached hydrogen (secondary N) is 2. The summed E-state index contributed by atoms with van der Waals surface area (Å²) in [6, 6.07) is 17.4. The number of carbonyl (C=O) groups is 4. The van der Waals surface area contributed by atoms with Crippen molar-refractivity contribution in [2.24, 2.45) is 11.7 Å². The summed E-state index contributed by atoms with van der Waals surface area (Å²) in [5, 5.41) is 7.74. The topological polar surface area (TPSA) is 125 Å². The second-order valence-electron chi connectivity index (χ2n) is 12.8. The number of benzene rings is 3. The highest BCUT2D eigenvalue weighted by Crippen LogP contribution is 2.37. The van der Waals surface area contributed by atoms with Gasteiger partial charge in [0.25, 0.3) is 0 Å². The van der Waals surface area contributed by atoms with E-state index in [9.17, 15) is 23.6 Å². The molecule has 0 unspecified atom stereocenters. The van der Waals surface area contributed by atoms with Gasteiger partial charge in [0.2, 0.25) is 23.6 Å². The number of amides is 4. The molecule has 6 rings (SSSR count). The maximum Gasteiger partial charge on any atom is 0.246 e. The monoisotopic (exact) mass is 613 g/mol. The van der Waals surface area contributed by atoms with E-state index in [0.717, 1.165) is 29.2 Å². The van der Waals surface area contributed by atoms with Crippen molar-refractivity contribution in [3.63, 3.8) is 0 Å². The van der Waals surface area contributed by atoms with Crippen LogP contribution in [0.5, 0.6) is 0 Å². The lowest BCUT2D eigenvalue weighted by Crippen LogP contribution is -2.66. The highest BCUT2D eigenvalue weighted by atomic mass is 19.1. The number of fused-ring (bicyclic) bond motifs is 1. The Bertz CT molecular complexity index is 1600. The largest absolute Gasteiger partial charge is 0.357 e. The van der Waals surface area contributed by atoms with E-state index < -0.39 is 35.4 Å². The Balaban J connectivity index is 1.25. The molecule has 3 aromatic rings. The zero-order valence-electron chi connectivity index (χ0n) is 25.5. The highest BCUT2D eigenvalue weighted by molar-refractivity contribution is 5.97. The molecule has 1 saturated heterocycles. The van der Waals surface area contributed by atoms with Crippen molar-refractivity contribution >= 4 is 34.4 Å². The van der Waals surface area contributed by atoms with Gasteiger partial charge in [0.15, 0.2) is 0 Å². The van der Waals surface area contributed by atoms with Crippen LogP contribution >= 0.6 is 0 Å². The Morgan fingerprint density at radius 2 is 1.64 bits per heavy atom. The van der Waals surface area contributed by atoms with E-state index in [1.54, 1.807) is 29.0 Å². The van der Waals surface area contributed by atoms with Gasteiger partial charge in [0, 0.05) is 33.0 Å². The Morgan fingerprint density at radius 3 is 2.31 bits per heavy atom. The van der Waals surface area contributed by atoms with Crippen molar-refractivity contribution in [1.29, 1.82) is 0 Å². The van der Waals surface area contributed by atoms with Crippen LogP contribution < -0.4 is 16.4 Å². The second-order valence-corrected chi connectivity index (χ2v) is 12.8.